The predicted molar refractivity (Wildman–Crippen MR) is 132 cm³/mol. The van der Waals surface area contributed by atoms with E-state index >= 15 is 0 Å². The standard InChI is InChI=1S/C29H25NO4/c1-16-12-13-24(33-25-15-20(25)18-8-4-3-5-9-18)26-21(29(31)32)14-22(30-27(16)26)28-17(2)19-10-6-7-11-23(19)34-28/h3-14,20,25,29,31-32H,15H2,1-2H3. The van der Waals surface area contributed by atoms with Gasteiger partial charge in [0, 0.05) is 22.4 Å². The molecule has 6 rings (SSSR count). The van der Waals surface area contributed by atoms with Crippen LogP contribution in [-0.4, -0.2) is 21.3 Å². The molecule has 0 aliphatic heterocycles. The van der Waals surface area contributed by atoms with Crippen molar-refractivity contribution >= 4 is 21.9 Å². The SMILES string of the molecule is Cc1c(-c2cc(C(O)O)c3c(OC4CC4c4ccccc4)ccc(C)c3n2)oc2ccccc12. The smallest absolute Gasteiger partial charge is 0.179 e. The number of pyridine rings is 1. The van der Waals surface area contributed by atoms with E-state index in [4.69, 9.17) is 14.1 Å². The molecule has 5 nitrogen and oxygen atoms in total. The van der Waals surface area contributed by atoms with Gasteiger partial charge < -0.3 is 19.4 Å². The Bertz CT molecular complexity index is 1520. The van der Waals surface area contributed by atoms with Crippen LogP contribution in [0.3, 0.4) is 0 Å². The zero-order valence-electron chi connectivity index (χ0n) is 19.0. The van der Waals surface area contributed by atoms with Gasteiger partial charge in [0.05, 0.1) is 10.9 Å². The minimum atomic E-state index is -1.68. The molecule has 2 N–H and O–H groups in total. The Morgan fingerprint density at radius 1 is 0.971 bits per heavy atom. The molecule has 0 amide bonds. The Balaban J connectivity index is 1.46. The number of furan rings is 1. The molecule has 2 atom stereocenters. The summed E-state index contributed by atoms with van der Waals surface area (Å²) in [6.07, 6.45) is -0.698. The number of fused-ring (bicyclic) bond motifs is 2. The lowest BCUT2D eigenvalue weighted by Gasteiger charge is -2.16. The molecule has 170 valence electrons. The van der Waals surface area contributed by atoms with Gasteiger partial charge in [0.1, 0.15) is 23.1 Å². The summed E-state index contributed by atoms with van der Waals surface area (Å²) in [7, 11) is 0. The largest absolute Gasteiger partial charge is 0.489 e. The number of ether oxygens (including phenoxy) is 1. The summed E-state index contributed by atoms with van der Waals surface area (Å²) in [5, 5.41) is 22.3. The maximum absolute atomic E-state index is 10.3. The monoisotopic (exact) mass is 451 g/mol. The Morgan fingerprint density at radius 2 is 1.74 bits per heavy atom. The molecule has 5 heteroatoms. The first-order valence-electron chi connectivity index (χ1n) is 11.5. The first-order valence-corrected chi connectivity index (χ1v) is 11.5. The number of aromatic nitrogens is 1. The highest BCUT2D eigenvalue weighted by Gasteiger charge is 2.41. The Hall–Kier alpha value is -3.67. The van der Waals surface area contributed by atoms with Gasteiger partial charge in [-0.15, -0.1) is 0 Å². The first-order chi connectivity index (χ1) is 16.5. The summed E-state index contributed by atoms with van der Waals surface area (Å²) in [6, 6.07) is 23.7. The minimum Gasteiger partial charge on any atom is -0.489 e. The molecule has 0 bridgehead atoms. The maximum atomic E-state index is 10.3. The van der Waals surface area contributed by atoms with Crippen LogP contribution in [0.2, 0.25) is 0 Å². The number of benzene rings is 3. The molecular formula is C29H25NO4. The topological polar surface area (TPSA) is 75.7 Å². The third kappa shape index (κ3) is 3.45. The molecule has 1 aliphatic carbocycles. The summed E-state index contributed by atoms with van der Waals surface area (Å²) in [5.41, 5.74) is 5.53. The molecule has 2 heterocycles. The molecule has 0 spiro atoms. The third-order valence-corrected chi connectivity index (χ3v) is 6.75. The second-order valence-electron chi connectivity index (χ2n) is 9.04. The molecule has 1 saturated carbocycles. The van der Waals surface area contributed by atoms with Crippen LogP contribution in [0.15, 0.2) is 77.2 Å². The van der Waals surface area contributed by atoms with E-state index in [0.717, 1.165) is 28.5 Å². The fourth-order valence-electron chi connectivity index (χ4n) is 4.82. The summed E-state index contributed by atoms with van der Waals surface area (Å²) in [6.45, 7) is 3.96. The summed E-state index contributed by atoms with van der Waals surface area (Å²) in [5.74, 6) is 1.58. The highest BCUT2D eigenvalue weighted by Crippen LogP contribution is 2.46. The zero-order valence-corrected chi connectivity index (χ0v) is 19.0. The average Bonchev–Trinajstić information content (AvgIpc) is 3.55. The van der Waals surface area contributed by atoms with Crippen LogP contribution in [0.5, 0.6) is 5.75 Å². The van der Waals surface area contributed by atoms with Crippen LogP contribution in [0, 0.1) is 13.8 Å². The van der Waals surface area contributed by atoms with Crippen LogP contribution in [-0.2, 0) is 0 Å². The highest BCUT2D eigenvalue weighted by atomic mass is 16.5. The van der Waals surface area contributed by atoms with Crippen molar-refractivity contribution in [1.82, 2.24) is 4.98 Å². The van der Waals surface area contributed by atoms with Crippen molar-refractivity contribution in [1.29, 1.82) is 0 Å². The maximum Gasteiger partial charge on any atom is 0.179 e. The molecule has 5 aromatic rings. The fourth-order valence-corrected chi connectivity index (χ4v) is 4.82. The van der Waals surface area contributed by atoms with Crippen molar-refractivity contribution in [3.63, 3.8) is 0 Å². The van der Waals surface area contributed by atoms with Crippen LogP contribution < -0.4 is 4.74 Å². The molecule has 1 fully saturated rings. The molecule has 2 aromatic heterocycles. The van der Waals surface area contributed by atoms with Crippen LogP contribution >= 0.6 is 0 Å². The predicted octanol–water partition coefficient (Wildman–Crippen LogP) is 6.18. The van der Waals surface area contributed by atoms with Gasteiger partial charge in [0.25, 0.3) is 0 Å². The lowest BCUT2D eigenvalue weighted by molar-refractivity contribution is -0.0414. The molecule has 0 radical (unpaired) electrons. The van der Waals surface area contributed by atoms with Crippen LogP contribution in [0.4, 0.5) is 0 Å². The average molecular weight is 452 g/mol. The van der Waals surface area contributed by atoms with Crippen molar-refractivity contribution in [3.05, 3.63) is 95.1 Å². The third-order valence-electron chi connectivity index (χ3n) is 6.75. The van der Waals surface area contributed by atoms with E-state index in [1.54, 1.807) is 6.07 Å². The van der Waals surface area contributed by atoms with Gasteiger partial charge in [-0.1, -0.05) is 54.6 Å². The van der Waals surface area contributed by atoms with E-state index in [2.05, 4.69) is 12.1 Å². The van der Waals surface area contributed by atoms with Gasteiger partial charge in [0.2, 0.25) is 0 Å². The summed E-state index contributed by atoms with van der Waals surface area (Å²) in [4.78, 5) is 4.91. The van der Waals surface area contributed by atoms with E-state index in [-0.39, 0.29) is 6.10 Å². The number of nitrogens with zero attached hydrogens (tertiary/aromatic N) is 1. The van der Waals surface area contributed by atoms with Gasteiger partial charge in [0.15, 0.2) is 12.1 Å². The van der Waals surface area contributed by atoms with E-state index in [0.29, 0.717) is 39.6 Å². The Kier molecular flexibility index (Phi) is 4.90. The van der Waals surface area contributed by atoms with Gasteiger partial charge >= 0.3 is 0 Å². The zero-order chi connectivity index (χ0) is 23.4. The van der Waals surface area contributed by atoms with Gasteiger partial charge in [-0.3, -0.25) is 0 Å². The molecule has 34 heavy (non-hydrogen) atoms. The molecule has 3 aromatic carbocycles. The van der Waals surface area contributed by atoms with E-state index < -0.39 is 6.29 Å². The number of hydrogen-bond donors (Lipinski definition) is 2. The van der Waals surface area contributed by atoms with E-state index in [1.807, 2.05) is 68.4 Å². The summed E-state index contributed by atoms with van der Waals surface area (Å²) < 4.78 is 12.5. The van der Waals surface area contributed by atoms with Crippen LogP contribution in [0.1, 0.15) is 40.9 Å². The highest BCUT2D eigenvalue weighted by molar-refractivity contribution is 5.94. The second kappa shape index (κ2) is 7.97. The summed E-state index contributed by atoms with van der Waals surface area (Å²) >= 11 is 0. The van der Waals surface area contributed by atoms with Crippen molar-refractivity contribution < 1.29 is 19.4 Å². The molecule has 2 unspecified atom stereocenters. The Labute approximate surface area is 197 Å². The second-order valence-corrected chi connectivity index (χ2v) is 9.04. The normalized spacial score (nSPS) is 17.6. The fraction of sp³-hybridized carbons (Fsp3) is 0.207. The van der Waals surface area contributed by atoms with Crippen LogP contribution in [0.25, 0.3) is 33.3 Å². The van der Waals surface area contributed by atoms with Crippen molar-refractivity contribution in [2.24, 2.45) is 0 Å². The molecule has 0 saturated heterocycles. The van der Waals surface area contributed by atoms with Crippen molar-refractivity contribution in [2.45, 2.75) is 38.6 Å². The first kappa shape index (κ1) is 20.9. The van der Waals surface area contributed by atoms with E-state index in [9.17, 15) is 10.2 Å². The number of rotatable bonds is 5. The molecular weight excluding hydrogens is 426 g/mol. The number of aliphatic hydroxyl groups excluding tert-OH is 1. The number of para-hydroxylation sites is 1. The number of aliphatic hydroxyl groups is 2. The Morgan fingerprint density at radius 3 is 2.50 bits per heavy atom. The van der Waals surface area contributed by atoms with Crippen molar-refractivity contribution in [2.75, 3.05) is 0 Å². The number of aryl methyl sites for hydroxylation is 2. The minimum absolute atomic E-state index is 0.0503. The van der Waals surface area contributed by atoms with Gasteiger partial charge in [-0.2, -0.15) is 0 Å². The van der Waals surface area contributed by atoms with Gasteiger partial charge in [-0.25, -0.2) is 4.98 Å². The quantitative estimate of drug-likeness (QED) is 0.312. The number of hydrogen-bond acceptors (Lipinski definition) is 5. The van der Waals surface area contributed by atoms with Crippen molar-refractivity contribution in [3.8, 4) is 17.2 Å². The van der Waals surface area contributed by atoms with Gasteiger partial charge in [-0.05, 0) is 49.6 Å². The lowest BCUT2D eigenvalue weighted by atomic mass is 10.0. The lowest BCUT2D eigenvalue weighted by Crippen LogP contribution is -2.05. The van der Waals surface area contributed by atoms with E-state index in [1.165, 1.54) is 5.56 Å². The molecule has 1 aliphatic rings.